The summed E-state index contributed by atoms with van der Waals surface area (Å²) < 4.78 is 0. The molecule has 1 aliphatic rings. The van der Waals surface area contributed by atoms with Gasteiger partial charge in [0.05, 0.1) is 0 Å². The van der Waals surface area contributed by atoms with Crippen LogP contribution in [0, 0.1) is 11.8 Å². The molecule has 1 heterocycles. The first-order valence-electron chi connectivity index (χ1n) is 7.23. The Bertz CT molecular complexity index is 384. The average molecular weight is 261 g/mol. The van der Waals surface area contributed by atoms with E-state index in [1.807, 2.05) is 12.1 Å². The van der Waals surface area contributed by atoms with Crippen molar-refractivity contribution in [3.8, 4) is 0 Å². The lowest BCUT2D eigenvalue weighted by atomic mass is 9.80. The molecule has 0 unspecified atom stereocenters. The predicted octanol–water partition coefficient (Wildman–Crippen LogP) is 1.23. The van der Waals surface area contributed by atoms with Crippen LogP contribution in [-0.4, -0.2) is 35.2 Å². The fourth-order valence-corrected chi connectivity index (χ4v) is 2.83. The Morgan fingerprint density at radius 3 is 2.21 bits per heavy atom. The van der Waals surface area contributed by atoms with E-state index in [-0.39, 0.29) is 0 Å². The van der Waals surface area contributed by atoms with Crippen molar-refractivity contribution in [3.05, 3.63) is 29.8 Å². The minimum atomic E-state index is -1.36. The molecule has 0 saturated carbocycles. The monoisotopic (exact) mass is 261 g/mol. The van der Waals surface area contributed by atoms with E-state index >= 15 is 0 Å². The maximum absolute atomic E-state index is 9.06. The lowest BCUT2D eigenvalue weighted by Crippen LogP contribution is -2.35. The second-order valence-electron chi connectivity index (χ2n) is 5.97. The van der Waals surface area contributed by atoms with Gasteiger partial charge >= 0.3 is 7.12 Å². The molecule has 3 nitrogen and oxygen atoms in total. The Balaban J connectivity index is 1.85. The molecule has 0 radical (unpaired) electrons. The highest BCUT2D eigenvalue weighted by Gasteiger charge is 2.21. The third-order valence-electron chi connectivity index (χ3n) is 4.26. The summed E-state index contributed by atoms with van der Waals surface area (Å²) in [5.41, 5.74) is 1.80. The summed E-state index contributed by atoms with van der Waals surface area (Å²) in [6, 6.07) is 7.56. The molecule has 1 saturated heterocycles. The highest BCUT2D eigenvalue weighted by molar-refractivity contribution is 6.58. The molecule has 104 valence electrons. The smallest absolute Gasteiger partial charge is 0.423 e. The molecule has 1 aromatic carbocycles. The molecular weight excluding hydrogens is 237 g/mol. The van der Waals surface area contributed by atoms with Crippen LogP contribution in [0.2, 0.25) is 0 Å². The molecule has 1 aliphatic heterocycles. The normalized spacial score (nSPS) is 17.9. The zero-order chi connectivity index (χ0) is 13.8. The Morgan fingerprint density at radius 1 is 1.16 bits per heavy atom. The van der Waals surface area contributed by atoms with Crippen LogP contribution in [0.1, 0.15) is 32.3 Å². The molecular formula is C15H24BNO2. The van der Waals surface area contributed by atoms with Crippen LogP contribution in [0.5, 0.6) is 0 Å². The van der Waals surface area contributed by atoms with E-state index in [0.29, 0.717) is 5.46 Å². The quantitative estimate of drug-likeness (QED) is 0.801. The van der Waals surface area contributed by atoms with Gasteiger partial charge in [-0.15, -0.1) is 0 Å². The lowest BCUT2D eigenvalue weighted by Gasteiger charge is -2.33. The second kappa shape index (κ2) is 6.55. The van der Waals surface area contributed by atoms with Gasteiger partial charge in [0.15, 0.2) is 0 Å². The first-order valence-corrected chi connectivity index (χ1v) is 7.23. The molecule has 1 fully saturated rings. The summed E-state index contributed by atoms with van der Waals surface area (Å²) in [5, 5.41) is 18.1. The molecule has 0 aliphatic carbocycles. The first kappa shape index (κ1) is 14.6. The van der Waals surface area contributed by atoms with E-state index in [0.717, 1.165) is 18.4 Å². The van der Waals surface area contributed by atoms with Gasteiger partial charge in [-0.05, 0) is 48.8 Å². The fourth-order valence-electron chi connectivity index (χ4n) is 2.83. The SMILES string of the molecule is CC(C)C1CCN(Cc2ccc(B(O)O)cc2)CC1. The van der Waals surface area contributed by atoms with E-state index in [9.17, 15) is 0 Å². The van der Waals surface area contributed by atoms with Gasteiger partial charge in [0.1, 0.15) is 0 Å². The van der Waals surface area contributed by atoms with Gasteiger partial charge < -0.3 is 10.0 Å². The molecule has 0 spiro atoms. The molecule has 2 N–H and O–H groups in total. The maximum Gasteiger partial charge on any atom is 0.488 e. The Morgan fingerprint density at radius 2 is 1.74 bits per heavy atom. The first-order chi connectivity index (χ1) is 9.06. The topological polar surface area (TPSA) is 43.7 Å². The van der Waals surface area contributed by atoms with Crippen molar-refractivity contribution in [2.24, 2.45) is 11.8 Å². The summed E-state index contributed by atoms with van der Waals surface area (Å²) >= 11 is 0. The highest BCUT2D eigenvalue weighted by atomic mass is 16.4. The summed E-state index contributed by atoms with van der Waals surface area (Å²) in [5.74, 6) is 1.68. The van der Waals surface area contributed by atoms with Gasteiger partial charge in [0, 0.05) is 6.54 Å². The molecule has 0 bridgehead atoms. The summed E-state index contributed by atoms with van der Waals surface area (Å²) in [7, 11) is -1.36. The average Bonchev–Trinajstić information content (AvgIpc) is 2.40. The minimum Gasteiger partial charge on any atom is -0.423 e. The maximum atomic E-state index is 9.06. The van der Waals surface area contributed by atoms with Crippen LogP contribution in [0.15, 0.2) is 24.3 Å². The van der Waals surface area contributed by atoms with Crippen LogP contribution >= 0.6 is 0 Å². The lowest BCUT2D eigenvalue weighted by molar-refractivity contribution is 0.152. The number of hydrogen-bond donors (Lipinski definition) is 2. The summed E-state index contributed by atoms with van der Waals surface area (Å²) in [4.78, 5) is 2.49. The van der Waals surface area contributed by atoms with Crippen molar-refractivity contribution in [1.82, 2.24) is 4.90 Å². The van der Waals surface area contributed by atoms with E-state index in [4.69, 9.17) is 10.0 Å². The van der Waals surface area contributed by atoms with Gasteiger partial charge in [-0.3, -0.25) is 4.90 Å². The number of nitrogens with zero attached hydrogens (tertiary/aromatic N) is 1. The van der Waals surface area contributed by atoms with Crippen LogP contribution in [0.3, 0.4) is 0 Å². The van der Waals surface area contributed by atoms with Crippen molar-refractivity contribution < 1.29 is 10.0 Å². The highest BCUT2D eigenvalue weighted by Crippen LogP contribution is 2.25. The fraction of sp³-hybridized carbons (Fsp3) is 0.600. The van der Waals surface area contributed by atoms with Crippen molar-refractivity contribution in [2.45, 2.75) is 33.2 Å². The Hall–Kier alpha value is -0.835. The third kappa shape index (κ3) is 4.06. The number of likely N-dealkylation sites (tertiary alicyclic amines) is 1. The predicted molar refractivity (Wildman–Crippen MR) is 79.1 cm³/mol. The van der Waals surface area contributed by atoms with E-state index in [1.165, 1.54) is 31.5 Å². The molecule has 0 amide bonds. The minimum absolute atomic E-state index is 0.558. The molecule has 2 rings (SSSR count). The molecule has 4 heteroatoms. The summed E-state index contributed by atoms with van der Waals surface area (Å²) in [6.45, 7) is 7.95. The zero-order valence-corrected chi connectivity index (χ0v) is 11.9. The van der Waals surface area contributed by atoms with Crippen molar-refractivity contribution in [3.63, 3.8) is 0 Å². The number of rotatable bonds is 4. The Kier molecular flexibility index (Phi) is 5.02. The van der Waals surface area contributed by atoms with Gasteiger partial charge in [-0.1, -0.05) is 38.1 Å². The largest absolute Gasteiger partial charge is 0.488 e. The van der Waals surface area contributed by atoms with Crippen molar-refractivity contribution >= 4 is 12.6 Å². The van der Waals surface area contributed by atoms with Crippen LogP contribution in [0.4, 0.5) is 0 Å². The van der Waals surface area contributed by atoms with Crippen LogP contribution < -0.4 is 5.46 Å². The molecule has 0 atom stereocenters. The standard InChI is InChI=1S/C15H24BNO2/c1-12(2)14-7-9-17(10-8-14)11-13-3-5-15(6-4-13)16(18)19/h3-6,12,14,18-19H,7-11H2,1-2H3. The molecule has 0 aromatic heterocycles. The van der Waals surface area contributed by atoms with Crippen LogP contribution in [-0.2, 0) is 6.54 Å². The molecule has 19 heavy (non-hydrogen) atoms. The Labute approximate surface area is 116 Å². The van der Waals surface area contributed by atoms with Crippen molar-refractivity contribution in [1.29, 1.82) is 0 Å². The van der Waals surface area contributed by atoms with Crippen LogP contribution in [0.25, 0.3) is 0 Å². The molecule has 1 aromatic rings. The van der Waals surface area contributed by atoms with Gasteiger partial charge in [0.2, 0.25) is 0 Å². The second-order valence-corrected chi connectivity index (χ2v) is 5.97. The van der Waals surface area contributed by atoms with Crippen molar-refractivity contribution in [2.75, 3.05) is 13.1 Å². The van der Waals surface area contributed by atoms with E-state index < -0.39 is 7.12 Å². The number of benzene rings is 1. The van der Waals surface area contributed by atoms with Gasteiger partial charge in [0.25, 0.3) is 0 Å². The van der Waals surface area contributed by atoms with E-state index in [2.05, 4.69) is 18.7 Å². The van der Waals surface area contributed by atoms with E-state index in [1.54, 1.807) is 12.1 Å². The van der Waals surface area contributed by atoms with Gasteiger partial charge in [-0.25, -0.2) is 0 Å². The third-order valence-corrected chi connectivity index (χ3v) is 4.26. The number of piperidine rings is 1. The number of hydrogen-bond acceptors (Lipinski definition) is 3. The zero-order valence-electron chi connectivity index (χ0n) is 11.9. The van der Waals surface area contributed by atoms with Gasteiger partial charge in [-0.2, -0.15) is 0 Å². The summed E-state index contributed by atoms with van der Waals surface area (Å²) in [6.07, 6.45) is 2.59.